The van der Waals surface area contributed by atoms with Crippen LogP contribution in [0.5, 0.6) is 0 Å². The van der Waals surface area contributed by atoms with E-state index in [1.54, 1.807) is 0 Å². The Morgan fingerprint density at radius 2 is 1.84 bits per heavy atom. The van der Waals surface area contributed by atoms with Crippen LogP contribution >= 0.6 is 0 Å². The number of carbonyl (C=O) groups is 1. The topological polar surface area (TPSA) is 69.9 Å². The second kappa shape index (κ2) is 7.38. The third-order valence-electron chi connectivity index (χ3n) is 11.3. The van der Waals surface area contributed by atoms with Gasteiger partial charge in [-0.1, -0.05) is 27.7 Å². The van der Waals surface area contributed by atoms with Gasteiger partial charge in [0.2, 0.25) is 0 Å². The zero-order valence-corrected chi connectivity index (χ0v) is 20.1. The van der Waals surface area contributed by atoms with Gasteiger partial charge in [-0.2, -0.15) is 0 Å². The molecule has 10 atom stereocenters. The maximum Gasteiger partial charge on any atom is 0.165 e. The molecule has 4 saturated carbocycles. The highest BCUT2D eigenvalue weighted by Gasteiger charge is 2.67. The summed E-state index contributed by atoms with van der Waals surface area (Å²) in [7, 11) is 0. The van der Waals surface area contributed by atoms with Crippen LogP contribution in [0, 0.1) is 46.3 Å². The van der Waals surface area contributed by atoms with Crippen molar-refractivity contribution in [1.29, 1.82) is 0 Å². The van der Waals surface area contributed by atoms with E-state index in [0.29, 0.717) is 36.0 Å². The van der Waals surface area contributed by atoms with Gasteiger partial charge in [0.05, 0.1) is 6.10 Å². The highest BCUT2D eigenvalue weighted by molar-refractivity contribution is 5.90. The Hall–Kier alpha value is -0.740. The monoisotopic (exact) mass is 429 g/mol. The number of Topliss-reactive ketones (excluding diaryl/α,β-unsaturated/α-hetero) is 1. The van der Waals surface area contributed by atoms with E-state index >= 15 is 0 Å². The molecule has 174 valence electrons. The Kier molecular flexibility index (Phi) is 5.26. The van der Waals surface area contributed by atoms with E-state index < -0.39 is 11.7 Å². The molecule has 4 fully saturated rings. The van der Waals surface area contributed by atoms with Gasteiger partial charge in [-0.3, -0.25) is 9.79 Å². The van der Waals surface area contributed by atoms with Gasteiger partial charge >= 0.3 is 0 Å². The number of rotatable bonds is 2. The lowest BCUT2D eigenvalue weighted by Crippen LogP contribution is -2.67. The number of aliphatic hydroxyl groups is 2. The van der Waals surface area contributed by atoms with Crippen LogP contribution in [-0.4, -0.2) is 40.0 Å². The Morgan fingerprint density at radius 3 is 2.55 bits per heavy atom. The summed E-state index contributed by atoms with van der Waals surface area (Å²) in [4.78, 5) is 18.4. The molecule has 4 heteroatoms. The minimum Gasteiger partial charge on any atom is -0.393 e. The molecule has 0 aromatic heterocycles. The third-order valence-corrected chi connectivity index (χ3v) is 11.3. The second-order valence-electron chi connectivity index (χ2n) is 12.7. The minimum absolute atomic E-state index is 0.0152. The summed E-state index contributed by atoms with van der Waals surface area (Å²) in [6.07, 6.45) is 8.96. The summed E-state index contributed by atoms with van der Waals surface area (Å²) >= 11 is 0. The molecule has 0 spiro atoms. The molecule has 5 aliphatic rings. The summed E-state index contributed by atoms with van der Waals surface area (Å²) in [5, 5.41) is 21.8. The highest BCUT2D eigenvalue weighted by Crippen LogP contribution is 2.68. The van der Waals surface area contributed by atoms with Crippen molar-refractivity contribution in [1.82, 2.24) is 0 Å². The van der Waals surface area contributed by atoms with Gasteiger partial charge in [0.15, 0.2) is 5.78 Å². The summed E-state index contributed by atoms with van der Waals surface area (Å²) in [6.45, 7) is 10.4. The van der Waals surface area contributed by atoms with Crippen molar-refractivity contribution in [3.8, 4) is 0 Å². The first-order chi connectivity index (χ1) is 14.6. The predicted molar refractivity (Wildman–Crippen MR) is 123 cm³/mol. The molecule has 31 heavy (non-hydrogen) atoms. The van der Waals surface area contributed by atoms with Crippen molar-refractivity contribution in [2.24, 2.45) is 51.3 Å². The molecule has 0 radical (unpaired) electrons. The molecule has 2 N–H and O–H groups in total. The summed E-state index contributed by atoms with van der Waals surface area (Å²) in [5.41, 5.74) is 0.0422. The Morgan fingerprint density at radius 1 is 1.06 bits per heavy atom. The zero-order valence-electron chi connectivity index (χ0n) is 20.1. The van der Waals surface area contributed by atoms with Gasteiger partial charge in [0, 0.05) is 30.5 Å². The lowest BCUT2D eigenvalue weighted by Gasteiger charge is -2.63. The average molecular weight is 430 g/mol. The van der Waals surface area contributed by atoms with Crippen LogP contribution in [-0.2, 0) is 4.79 Å². The number of hydrogen-bond donors (Lipinski definition) is 2. The number of fused-ring (bicyclic) bond motifs is 5. The van der Waals surface area contributed by atoms with Crippen molar-refractivity contribution in [2.75, 3.05) is 6.54 Å². The van der Waals surface area contributed by atoms with Crippen LogP contribution in [0.4, 0.5) is 0 Å². The fourth-order valence-corrected chi connectivity index (χ4v) is 9.32. The molecule has 0 amide bonds. The zero-order chi connectivity index (χ0) is 22.2. The SMILES string of the molecule is C[C@H]1CCC([C@@H](C)[C@H]2CC[C@H]3[C@@H]4CC(=O)[C@]5(O)C[C@@H](O)CC[C@]5(C)[C@H]4CC[C@@]23C)=NC1. The first kappa shape index (κ1) is 22.1. The predicted octanol–water partition coefficient (Wildman–Crippen LogP) is 4.81. The number of aliphatic hydroxyl groups excluding tert-OH is 1. The van der Waals surface area contributed by atoms with Crippen molar-refractivity contribution < 1.29 is 15.0 Å². The van der Waals surface area contributed by atoms with Gasteiger partial charge in [-0.25, -0.2) is 0 Å². The van der Waals surface area contributed by atoms with Gasteiger partial charge in [0.1, 0.15) is 5.60 Å². The van der Waals surface area contributed by atoms with E-state index in [2.05, 4.69) is 27.7 Å². The minimum atomic E-state index is -1.32. The largest absolute Gasteiger partial charge is 0.393 e. The second-order valence-corrected chi connectivity index (χ2v) is 12.7. The van der Waals surface area contributed by atoms with Crippen LogP contribution in [0.2, 0.25) is 0 Å². The third kappa shape index (κ3) is 3.06. The maximum atomic E-state index is 13.4. The Balaban J connectivity index is 1.41. The molecular formula is C27H43NO3. The number of nitrogens with zero attached hydrogens (tertiary/aromatic N) is 1. The smallest absolute Gasteiger partial charge is 0.165 e. The van der Waals surface area contributed by atoms with Crippen LogP contribution in [0.15, 0.2) is 4.99 Å². The Bertz CT molecular complexity index is 778. The summed E-state index contributed by atoms with van der Waals surface area (Å²) in [6, 6.07) is 0. The van der Waals surface area contributed by atoms with Crippen molar-refractivity contribution in [2.45, 2.75) is 104 Å². The maximum absolute atomic E-state index is 13.4. The summed E-state index contributed by atoms with van der Waals surface area (Å²) in [5.74, 6) is 3.35. The number of hydrogen-bond acceptors (Lipinski definition) is 4. The van der Waals surface area contributed by atoms with Crippen LogP contribution in [0.1, 0.15) is 91.9 Å². The lowest BCUT2D eigenvalue weighted by molar-refractivity contribution is -0.213. The van der Waals surface area contributed by atoms with Crippen LogP contribution < -0.4 is 0 Å². The van der Waals surface area contributed by atoms with E-state index in [0.717, 1.165) is 38.1 Å². The first-order valence-corrected chi connectivity index (χ1v) is 13.1. The molecule has 0 aromatic rings. The molecule has 0 aromatic carbocycles. The van der Waals surface area contributed by atoms with Crippen molar-refractivity contribution in [3.63, 3.8) is 0 Å². The van der Waals surface area contributed by atoms with E-state index in [1.807, 2.05) is 0 Å². The van der Waals surface area contributed by atoms with E-state index in [1.165, 1.54) is 31.4 Å². The van der Waals surface area contributed by atoms with Crippen molar-refractivity contribution in [3.05, 3.63) is 0 Å². The fourth-order valence-electron chi connectivity index (χ4n) is 9.32. The molecule has 0 bridgehead atoms. The van der Waals surface area contributed by atoms with Gasteiger partial charge in [0.25, 0.3) is 0 Å². The molecule has 1 heterocycles. The van der Waals surface area contributed by atoms with Crippen molar-refractivity contribution >= 4 is 11.5 Å². The Labute approximate surface area is 188 Å². The number of aliphatic imine (C=N–C) groups is 1. The average Bonchev–Trinajstić information content (AvgIpc) is 3.08. The standard InChI is InChI=1S/C27H43NO3/c1-16-5-8-23(28-15-16)17(2)20-6-7-21-19-13-24(30)27(31)14-18(29)9-12-26(27,4)22(19)10-11-25(20,21)3/h16-22,29,31H,5-15H2,1-4H3/t16-,17-,18-,19-,20+,21-,22-,25-,26+,27+/m0/s1. The van der Waals surface area contributed by atoms with E-state index in [4.69, 9.17) is 4.99 Å². The van der Waals surface area contributed by atoms with Crippen LogP contribution in [0.25, 0.3) is 0 Å². The molecule has 0 saturated heterocycles. The highest BCUT2D eigenvalue weighted by atomic mass is 16.3. The molecule has 4 nitrogen and oxygen atoms in total. The van der Waals surface area contributed by atoms with Gasteiger partial charge < -0.3 is 10.2 Å². The lowest BCUT2D eigenvalue weighted by atomic mass is 9.42. The van der Waals surface area contributed by atoms with E-state index in [9.17, 15) is 15.0 Å². The molecule has 4 aliphatic carbocycles. The number of carbonyl (C=O) groups excluding carboxylic acids is 1. The quantitative estimate of drug-likeness (QED) is 0.662. The van der Waals surface area contributed by atoms with Crippen LogP contribution in [0.3, 0.4) is 0 Å². The number of ketones is 1. The molecule has 1 aliphatic heterocycles. The normalized spacial score (nSPS) is 53.2. The fraction of sp³-hybridized carbons (Fsp3) is 0.926. The van der Waals surface area contributed by atoms with E-state index in [-0.39, 0.29) is 23.0 Å². The summed E-state index contributed by atoms with van der Waals surface area (Å²) < 4.78 is 0. The molecule has 0 unspecified atom stereocenters. The first-order valence-electron chi connectivity index (χ1n) is 13.1. The molecule has 5 rings (SSSR count). The van der Waals surface area contributed by atoms with Gasteiger partial charge in [-0.15, -0.1) is 0 Å². The van der Waals surface area contributed by atoms with Gasteiger partial charge in [-0.05, 0) is 92.3 Å². The molecular weight excluding hydrogens is 386 g/mol.